The van der Waals surface area contributed by atoms with E-state index in [1.807, 2.05) is 0 Å². The van der Waals surface area contributed by atoms with Crippen LogP contribution in [-0.4, -0.2) is 66.5 Å². The molecular weight excluding hydrogens is 311 g/mol. The van der Waals surface area contributed by atoms with Crippen LogP contribution in [0.15, 0.2) is 24.3 Å². The number of benzene rings is 1. The van der Waals surface area contributed by atoms with Gasteiger partial charge in [0.1, 0.15) is 0 Å². The average molecular weight is 323 g/mol. The number of hydrogen-bond acceptors (Lipinski definition) is 6. The first-order valence-corrected chi connectivity index (χ1v) is 7.33. The second kappa shape index (κ2) is 7.37. The summed E-state index contributed by atoms with van der Waals surface area (Å²) in [4.78, 5) is 23.5. The summed E-state index contributed by atoms with van der Waals surface area (Å²) in [5, 5.41) is 0. The Labute approximate surface area is 143 Å². The van der Waals surface area contributed by atoms with Gasteiger partial charge in [-0.2, -0.15) is 8.42 Å². The van der Waals surface area contributed by atoms with Crippen molar-refractivity contribution in [3.05, 3.63) is 35.4 Å². The fourth-order valence-corrected chi connectivity index (χ4v) is 2.40. The van der Waals surface area contributed by atoms with E-state index in [-0.39, 0.29) is 60.1 Å². The molecule has 7 nitrogen and oxygen atoms in total. The molecule has 2 bridgehead atoms. The monoisotopic (exact) mass is 323 g/mol. The van der Waals surface area contributed by atoms with Gasteiger partial charge < -0.3 is 9.47 Å². The number of fused-ring (bicyclic) bond motifs is 2. The molecule has 0 fully saturated rings. The van der Waals surface area contributed by atoms with Crippen LogP contribution in [0.3, 0.4) is 0 Å². The van der Waals surface area contributed by atoms with E-state index in [0.717, 1.165) is 0 Å². The molecule has 0 aromatic heterocycles. The molecule has 109 valence electrons. The molecule has 1 heterocycles. The van der Waals surface area contributed by atoms with Crippen molar-refractivity contribution < 1.29 is 32.0 Å². The van der Waals surface area contributed by atoms with Crippen molar-refractivity contribution in [1.82, 2.24) is 0 Å². The summed E-state index contributed by atoms with van der Waals surface area (Å²) in [6, 6.07) is 5.54. The fraction of sp³-hybridized carbons (Fsp3) is 0.333. The molecule has 1 aromatic carbocycles. The average Bonchev–Trinajstić information content (AvgIpc) is 2.41. The summed E-state index contributed by atoms with van der Waals surface area (Å²) in [6.07, 6.45) is -0.0204. The maximum Gasteiger partial charge on any atom is 0.339 e. The Morgan fingerprint density at radius 1 is 1.14 bits per heavy atom. The normalized spacial score (nSPS) is 19.6. The number of carbonyl (C=O) groups excluding carboxylic acids is 2. The quantitative estimate of drug-likeness (QED) is 0.459. The van der Waals surface area contributed by atoms with Crippen LogP contribution in [0.4, 0.5) is 0 Å². The van der Waals surface area contributed by atoms with Crippen LogP contribution in [0.25, 0.3) is 0 Å². The van der Waals surface area contributed by atoms with Crippen molar-refractivity contribution in [2.24, 2.45) is 0 Å². The van der Waals surface area contributed by atoms with Gasteiger partial charge in [-0.25, -0.2) is 9.59 Å². The van der Waals surface area contributed by atoms with Crippen LogP contribution in [0, 0.1) is 0 Å². The molecule has 2 rings (SSSR count). The van der Waals surface area contributed by atoms with Crippen molar-refractivity contribution >= 4 is 51.6 Å². The molecule has 1 atom stereocenters. The molecule has 0 saturated carbocycles. The fourth-order valence-electron chi connectivity index (χ4n) is 1.73. The van der Waals surface area contributed by atoms with E-state index >= 15 is 0 Å². The molecule has 1 aliphatic rings. The minimum absolute atomic E-state index is 0. The minimum Gasteiger partial charge on any atom is -0.462 e. The second-order valence-corrected chi connectivity index (χ2v) is 5.76. The summed E-state index contributed by atoms with van der Waals surface area (Å²) >= 11 is 0. The Hall–Kier alpha value is -0.930. The van der Waals surface area contributed by atoms with Gasteiger partial charge in [-0.1, -0.05) is 6.07 Å². The zero-order valence-electron chi connectivity index (χ0n) is 11.3. The molecule has 1 aromatic rings. The number of rotatable bonds is 1. The predicted octanol–water partition coefficient (Wildman–Crippen LogP) is 0.627. The van der Waals surface area contributed by atoms with E-state index in [0.29, 0.717) is 0 Å². The van der Waals surface area contributed by atoms with Crippen molar-refractivity contribution in [2.45, 2.75) is 18.3 Å². The van der Waals surface area contributed by atoms with Crippen molar-refractivity contribution in [1.29, 1.82) is 0 Å². The molecule has 1 radical (unpaired) electrons. The van der Waals surface area contributed by atoms with Crippen LogP contribution in [0.5, 0.6) is 0 Å². The maximum atomic E-state index is 11.8. The molecular formula is C12H12NaO7S. The van der Waals surface area contributed by atoms with E-state index in [2.05, 4.69) is 0 Å². The minimum atomic E-state index is -4.53. The Balaban J connectivity index is 0.00000220. The molecule has 9 heteroatoms. The zero-order chi connectivity index (χ0) is 14.8. The van der Waals surface area contributed by atoms with Crippen LogP contribution >= 0.6 is 0 Å². The number of cyclic esters (lactones) is 2. The number of ether oxygens (including phenoxy) is 2. The summed E-state index contributed by atoms with van der Waals surface area (Å²) in [5.41, 5.74) is -1.49. The predicted molar refractivity (Wildman–Crippen MR) is 72.5 cm³/mol. The topological polar surface area (TPSA) is 107 Å². The number of carbonyl (C=O) groups is 2. The Morgan fingerprint density at radius 3 is 2.38 bits per heavy atom. The standard InChI is InChI=1S/C12H12O7S.Na/c13-11-8-3-1-4-9(7-8)12(14)19-10(20(15,16)17)5-2-6-18-11;/h1,3-4,7,10H,2,5-6H2,(H,15,16,17);. The Bertz CT molecular complexity index is 641. The molecule has 1 unspecified atom stereocenters. The largest absolute Gasteiger partial charge is 0.462 e. The SMILES string of the molecule is O=C1OCCCC(S(=O)(=O)O)OC(=O)c2cccc1c2.[Na]. The Morgan fingerprint density at radius 2 is 1.76 bits per heavy atom. The third kappa shape index (κ3) is 4.79. The first-order chi connectivity index (χ1) is 9.38. The first-order valence-electron chi connectivity index (χ1n) is 5.82. The van der Waals surface area contributed by atoms with Gasteiger partial charge >= 0.3 is 22.1 Å². The molecule has 21 heavy (non-hydrogen) atoms. The summed E-state index contributed by atoms with van der Waals surface area (Å²) in [5.74, 6) is -1.53. The Kier molecular flexibility index (Phi) is 6.36. The van der Waals surface area contributed by atoms with Crippen LogP contribution in [-0.2, 0) is 19.6 Å². The molecule has 0 spiro atoms. The van der Waals surface area contributed by atoms with Crippen LogP contribution in [0.1, 0.15) is 33.6 Å². The molecule has 1 aliphatic heterocycles. The maximum absolute atomic E-state index is 11.8. The van der Waals surface area contributed by atoms with Crippen molar-refractivity contribution in [2.75, 3.05) is 6.61 Å². The van der Waals surface area contributed by atoms with E-state index in [1.54, 1.807) is 0 Å². The van der Waals surface area contributed by atoms with Crippen LogP contribution < -0.4 is 0 Å². The molecule has 0 saturated heterocycles. The van der Waals surface area contributed by atoms with E-state index in [1.165, 1.54) is 24.3 Å². The van der Waals surface area contributed by atoms with Gasteiger partial charge in [0.15, 0.2) is 0 Å². The zero-order valence-corrected chi connectivity index (χ0v) is 14.1. The van der Waals surface area contributed by atoms with Crippen molar-refractivity contribution in [3.8, 4) is 0 Å². The van der Waals surface area contributed by atoms with Gasteiger partial charge in [-0.3, -0.25) is 4.55 Å². The third-order valence-corrected chi connectivity index (χ3v) is 3.72. The third-order valence-electron chi connectivity index (χ3n) is 2.72. The van der Waals surface area contributed by atoms with Gasteiger partial charge in [0.05, 0.1) is 17.7 Å². The van der Waals surface area contributed by atoms with Crippen molar-refractivity contribution in [3.63, 3.8) is 0 Å². The van der Waals surface area contributed by atoms with Gasteiger partial charge in [0, 0.05) is 36.0 Å². The molecule has 0 aliphatic carbocycles. The number of esters is 2. The van der Waals surface area contributed by atoms with Gasteiger partial charge in [-0.05, 0) is 24.6 Å². The summed E-state index contributed by atoms with van der Waals surface area (Å²) in [6.45, 7) is -0.0351. The smallest absolute Gasteiger partial charge is 0.339 e. The second-order valence-electron chi connectivity index (χ2n) is 4.21. The summed E-state index contributed by atoms with van der Waals surface area (Å²) in [7, 11) is -4.53. The van der Waals surface area contributed by atoms with Gasteiger partial charge in [-0.15, -0.1) is 0 Å². The van der Waals surface area contributed by atoms with Crippen LogP contribution in [0.2, 0.25) is 0 Å². The first kappa shape index (κ1) is 18.1. The number of hydrogen-bond donors (Lipinski definition) is 1. The molecule has 0 amide bonds. The van der Waals surface area contributed by atoms with Gasteiger partial charge in [0.25, 0.3) is 0 Å². The summed E-state index contributed by atoms with van der Waals surface area (Å²) < 4.78 is 41.0. The molecule has 1 N–H and O–H groups in total. The van der Waals surface area contributed by atoms with E-state index in [4.69, 9.17) is 14.0 Å². The van der Waals surface area contributed by atoms with E-state index in [9.17, 15) is 18.0 Å². The van der Waals surface area contributed by atoms with E-state index < -0.39 is 27.5 Å². The van der Waals surface area contributed by atoms with Gasteiger partial charge in [0.2, 0.25) is 5.44 Å².